The Labute approximate surface area is 187 Å². The van der Waals surface area contributed by atoms with Gasteiger partial charge < -0.3 is 39.7 Å². The Morgan fingerprint density at radius 3 is 1.03 bits per heavy atom. The number of hydrogen-bond donors (Lipinski definition) is 6. The Hall–Kier alpha value is -4.91. The average molecular weight is 498 g/mol. The normalized spacial score (nSPS) is 10.4. The number of rotatable bonds is 10. The first-order chi connectivity index (χ1) is 15.8. The lowest BCUT2D eigenvalue weighted by Crippen LogP contribution is -2.16. The predicted octanol–water partition coefficient (Wildman–Crippen LogP) is 1.72. The molecule has 0 spiro atoms. The minimum Gasteiger partial charge on any atom is -0.478 e. The molecule has 15 nitrogen and oxygen atoms in total. The maximum atomic E-state index is 12.4. The highest BCUT2D eigenvalue weighted by atomic mass is 31.1. The van der Waals surface area contributed by atoms with Crippen molar-refractivity contribution in [1.29, 1.82) is 0 Å². The number of hydrogen-bond acceptors (Lipinski definition) is 9. The van der Waals surface area contributed by atoms with Crippen molar-refractivity contribution in [2.45, 2.75) is 0 Å². The second-order valence-corrected chi connectivity index (χ2v) is 6.92. The van der Waals surface area contributed by atoms with Crippen LogP contribution in [-0.4, -0.2) is 66.5 Å². The van der Waals surface area contributed by atoms with E-state index in [4.69, 9.17) is 19.3 Å². The molecule has 0 unspecified atom stereocenters. The van der Waals surface area contributed by atoms with Gasteiger partial charge >= 0.3 is 44.1 Å². The Morgan fingerprint density at radius 2 is 0.794 bits per heavy atom. The summed E-state index contributed by atoms with van der Waals surface area (Å²) in [5.41, 5.74) is -6.70. The molecule has 0 fully saturated rings. The fourth-order valence-electron chi connectivity index (χ4n) is 2.76. The summed E-state index contributed by atoms with van der Waals surface area (Å²) < 4.78 is 21.9. The van der Waals surface area contributed by atoms with Crippen molar-refractivity contribution in [3.05, 3.63) is 57.6 Å². The van der Waals surface area contributed by atoms with E-state index in [1.54, 1.807) is 0 Å². The van der Waals surface area contributed by atoms with Gasteiger partial charge in [0.15, 0.2) is 0 Å². The van der Waals surface area contributed by atoms with Gasteiger partial charge in [-0.3, -0.25) is 0 Å². The summed E-state index contributed by atoms with van der Waals surface area (Å²) in [6, 6.07) is 2.63. The van der Waals surface area contributed by atoms with Crippen molar-refractivity contribution in [1.82, 2.24) is 0 Å². The molecule has 0 aliphatic carbocycles. The van der Waals surface area contributed by atoms with Crippen molar-refractivity contribution in [3.8, 4) is 11.5 Å². The first-order valence-electron chi connectivity index (χ1n) is 8.41. The van der Waals surface area contributed by atoms with Crippen molar-refractivity contribution < 1.29 is 73.0 Å². The van der Waals surface area contributed by atoms with Crippen LogP contribution in [0.25, 0.3) is 0 Å². The van der Waals surface area contributed by atoms with Gasteiger partial charge in [0.25, 0.3) is 0 Å². The molecule has 0 aliphatic heterocycles. The Balaban J connectivity index is 2.58. The standard InChI is InChI=1S/C18H11O15P/c19-13(20)5-1-3-7(11(17(27)28)9(5)15(23)24)32-34(31)33-8-4-2-6(14(21)22)10(16(25)26)12(8)18(29)30/h1-4,34H,(H,19,20)(H,21,22)(H,23,24)(H,25,26)(H,27,28)(H,29,30). The number of carboxylic acid groups (broad SMARTS) is 6. The average Bonchev–Trinajstić information content (AvgIpc) is 2.71. The molecular formula is C18H11O15P. The van der Waals surface area contributed by atoms with E-state index in [-0.39, 0.29) is 0 Å². The van der Waals surface area contributed by atoms with Gasteiger partial charge in [-0.1, -0.05) is 0 Å². The first-order valence-corrected chi connectivity index (χ1v) is 9.63. The van der Waals surface area contributed by atoms with Crippen LogP contribution in [0, 0.1) is 0 Å². The van der Waals surface area contributed by atoms with E-state index < -0.39 is 89.0 Å². The zero-order valence-electron chi connectivity index (χ0n) is 16.2. The predicted molar refractivity (Wildman–Crippen MR) is 105 cm³/mol. The fourth-order valence-corrected chi connectivity index (χ4v) is 3.50. The van der Waals surface area contributed by atoms with Crippen LogP contribution < -0.4 is 9.05 Å². The summed E-state index contributed by atoms with van der Waals surface area (Å²) >= 11 is 0. The largest absolute Gasteiger partial charge is 0.478 e. The molecule has 2 aromatic rings. The Kier molecular flexibility index (Phi) is 7.24. The molecule has 0 heterocycles. The Morgan fingerprint density at radius 1 is 0.500 bits per heavy atom. The molecule has 0 saturated heterocycles. The third-order valence-electron chi connectivity index (χ3n) is 4.04. The molecule has 178 valence electrons. The highest BCUT2D eigenvalue weighted by Gasteiger charge is 2.31. The molecule has 0 aromatic heterocycles. The van der Waals surface area contributed by atoms with Gasteiger partial charge in [-0.05, 0) is 24.3 Å². The topological polar surface area (TPSA) is 259 Å². The van der Waals surface area contributed by atoms with Gasteiger partial charge in [-0.25, -0.2) is 33.3 Å². The van der Waals surface area contributed by atoms with Crippen molar-refractivity contribution in [3.63, 3.8) is 0 Å². The lowest BCUT2D eigenvalue weighted by molar-refractivity contribution is 0.0631. The molecular weight excluding hydrogens is 487 g/mol. The molecule has 0 atom stereocenters. The first kappa shape index (κ1) is 25.4. The van der Waals surface area contributed by atoms with Gasteiger partial charge in [0, 0.05) is 0 Å². The lowest BCUT2D eigenvalue weighted by Gasteiger charge is -2.15. The van der Waals surface area contributed by atoms with E-state index in [9.17, 15) is 53.8 Å². The molecule has 0 saturated carbocycles. The summed E-state index contributed by atoms with van der Waals surface area (Å²) in [4.78, 5) is 68.4. The summed E-state index contributed by atoms with van der Waals surface area (Å²) in [5.74, 6) is -13.3. The molecule has 16 heteroatoms. The van der Waals surface area contributed by atoms with E-state index in [1.165, 1.54) is 0 Å². The molecule has 34 heavy (non-hydrogen) atoms. The van der Waals surface area contributed by atoms with E-state index >= 15 is 0 Å². The number of carbonyl (C=O) groups is 6. The van der Waals surface area contributed by atoms with Gasteiger partial charge in [-0.2, -0.15) is 0 Å². The summed E-state index contributed by atoms with van der Waals surface area (Å²) in [6.45, 7) is 0. The maximum absolute atomic E-state index is 12.4. The monoisotopic (exact) mass is 498 g/mol. The van der Waals surface area contributed by atoms with Crippen LogP contribution in [0.5, 0.6) is 11.5 Å². The molecule has 0 bridgehead atoms. The van der Waals surface area contributed by atoms with Gasteiger partial charge in [-0.15, -0.1) is 0 Å². The minimum absolute atomic E-state index is 0.648. The summed E-state index contributed by atoms with van der Waals surface area (Å²) in [7, 11) is -4.01. The summed E-state index contributed by atoms with van der Waals surface area (Å²) in [5, 5.41) is 55.3. The van der Waals surface area contributed by atoms with Crippen molar-refractivity contribution >= 4 is 44.1 Å². The minimum atomic E-state index is -4.01. The third kappa shape index (κ3) is 4.94. The van der Waals surface area contributed by atoms with Crippen LogP contribution in [0.3, 0.4) is 0 Å². The number of carboxylic acids is 6. The second-order valence-electron chi connectivity index (χ2n) is 6.01. The van der Waals surface area contributed by atoms with E-state index in [2.05, 4.69) is 0 Å². The molecule has 0 amide bonds. The van der Waals surface area contributed by atoms with Crippen LogP contribution in [0.1, 0.15) is 62.1 Å². The van der Waals surface area contributed by atoms with E-state index in [1.807, 2.05) is 0 Å². The highest BCUT2D eigenvalue weighted by Crippen LogP contribution is 2.37. The number of benzene rings is 2. The van der Waals surface area contributed by atoms with Crippen molar-refractivity contribution in [2.75, 3.05) is 0 Å². The van der Waals surface area contributed by atoms with E-state index in [0.29, 0.717) is 24.3 Å². The van der Waals surface area contributed by atoms with Gasteiger partial charge in [0.2, 0.25) is 0 Å². The van der Waals surface area contributed by atoms with E-state index in [0.717, 1.165) is 0 Å². The second kappa shape index (κ2) is 9.70. The van der Waals surface area contributed by atoms with Crippen LogP contribution >= 0.6 is 8.25 Å². The smallest absolute Gasteiger partial charge is 0.419 e. The Bertz CT molecular complexity index is 1200. The zero-order chi connectivity index (χ0) is 25.9. The zero-order valence-corrected chi connectivity index (χ0v) is 17.2. The SMILES string of the molecule is O=C(O)c1ccc(O[PH](=O)Oc2ccc(C(=O)O)c(C(=O)O)c2C(=O)O)c(C(=O)O)c1C(=O)O. The van der Waals surface area contributed by atoms with Crippen LogP contribution in [-0.2, 0) is 4.57 Å². The third-order valence-corrected chi connectivity index (χ3v) is 4.81. The van der Waals surface area contributed by atoms with Gasteiger partial charge in [0.05, 0.1) is 22.3 Å². The highest BCUT2D eigenvalue weighted by molar-refractivity contribution is 7.34. The van der Waals surface area contributed by atoms with Crippen LogP contribution in [0.4, 0.5) is 0 Å². The quantitative estimate of drug-likeness (QED) is 0.255. The van der Waals surface area contributed by atoms with Gasteiger partial charge in [0.1, 0.15) is 22.6 Å². The summed E-state index contributed by atoms with van der Waals surface area (Å²) in [6.07, 6.45) is 0. The molecule has 2 aromatic carbocycles. The van der Waals surface area contributed by atoms with Crippen molar-refractivity contribution in [2.24, 2.45) is 0 Å². The van der Waals surface area contributed by atoms with Crippen LogP contribution in [0.2, 0.25) is 0 Å². The molecule has 6 N–H and O–H groups in total. The van der Waals surface area contributed by atoms with Crippen LogP contribution in [0.15, 0.2) is 24.3 Å². The number of aromatic carboxylic acids is 6. The maximum Gasteiger partial charge on any atom is 0.419 e. The molecule has 0 radical (unpaired) electrons. The molecule has 2 rings (SSSR count). The lowest BCUT2D eigenvalue weighted by atomic mass is 10.00. The molecule has 0 aliphatic rings. The fraction of sp³-hybridized carbons (Fsp3) is 0.